The van der Waals surface area contributed by atoms with Crippen LogP contribution in [0.5, 0.6) is 0 Å². The molecule has 0 aliphatic carbocycles. The summed E-state index contributed by atoms with van der Waals surface area (Å²) in [6.07, 6.45) is 4.81. The maximum atomic E-state index is 11.1. The number of nitrogens with zero attached hydrogens (tertiary/aromatic N) is 2. The first kappa shape index (κ1) is 14.3. The second kappa shape index (κ2) is 6.34. The van der Waals surface area contributed by atoms with Gasteiger partial charge in [-0.3, -0.25) is 4.79 Å². The third-order valence-electron chi connectivity index (χ3n) is 3.30. The van der Waals surface area contributed by atoms with Crippen molar-refractivity contribution in [2.75, 3.05) is 13.6 Å². The summed E-state index contributed by atoms with van der Waals surface area (Å²) in [4.78, 5) is 15.5. The summed E-state index contributed by atoms with van der Waals surface area (Å²) in [5.41, 5.74) is 9.12. The summed E-state index contributed by atoms with van der Waals surface area (Å²) in [7, 11) is 1.93. The van der Waals surface area contributed by atoms with Crippen molar-refractivity contribution in [3.05, 3.63) is 53.1 Å². The highest BCUT2D eigenvalue weighted by atomic mass is 16.1. The SMILES string of the molecule is CNCCc1cn(Cc2ccc(C(N)=O)cc2C)cn1. The lowest BCUT2D eigenvalue weighted by atomic mass is 10.0. The summed E-state index contributed by atoms with van der Waals surface area (Å²) in [6, 6.07) is 5.54. The number of nitrogens with one attached hydrogen (secondary N) is 1. The number of imidazole rings is 1. The Morgan fingerprint density at radius 3 is 2.90 bits per heavy atom. The largest absolute Gasteiger partial charge is 0.366 e. The van der Waals surface area contributed by atoms with Crippen molar-refractivity contribution < 1.29 is 4.79 Å². The molecule has 106 valence electrons. The number of aromatic nitrogens is 2. The zero-order chi connectivity index (χ0) is 14.5. The van der Waals surface area contributed by atoms with Gasteiger partial charge in [0.1, 0.15) is 0 Å². The van der Waals surface area contributed by atoms with Crippen LogP contribution in [-0.2, 0) is 13.0 Å². The highest BCUT2D eigenvalue weighted by Crippen LogP contribution is 2.13. The van der Waals surface area contributed by atoms with E-state index in [1.807, 2.05) is 32.4 Å². The van der Waals surface area contributed by atoms with Gasteiger partial charge in [-0.25, -0.2) is 4.98 Å². The van der Waals surface area contributed by atoms with E-state index in [0.717, 1.165) is 36.3 Å². The number of rotatable bonds is 6. The average molecular weight is 272 g/mol. The van der Waals surface area contributed by atoms with Crippen LogP contribution in [0, 0.1) is 6.92 Å². The smallest absolute Gasteiger partial charge is 0.248 e. The first-order valence-corrected chi connectivity index (χ1v) is 6.64. The maximum Gasteiger partial charge on any atom is 0.248 e. The Kier molecular flexibility index (Phi) is 4.53. The van der Waals surface area contributed by atoms with Gasteiger partial charge in [0.2, 0.25) is 5.91 Å². The molecule has 1 amide bonds. The molecule has 2 rings (SSSR count). The number of aryl methyl sites for hydroxylation is 1. The first-order chi connectivity index (χ1) is 9.60. The van der Waals surface area contributed by atoms with Crippen LogP contribution in [0.15, 0.2) is 30.7 Å². The molecule has 5 heteroatoms. The maximum absolute atomic E-state index is 11.1. The quantitative estimate of drug-likeness (QED) is 0.827. The lowest BCUT2D eigenvalue weighted by Gasteiger charge is -2.07. The molecule has 0 fully saturated rings. The molecule has 0 bridgehead atoms. The number of carbonyl (C=O) groups is 1. The molecule has 1 aromatic heterocycles. The molecule has 0 spiro atoms. The van der Waals surface area contributed by atoms with Crippen molar-refractivity contribution in [2.24, 2.45) is 5.73 Å². The van der Waals surface area contributed by atoms with Gasteiger partial charge in [-0.1, -0.05) is 6.07 Å². The van der Waals surface area contributed by atoms with Crippen molar-refractivity contribution in [3.63, 3.8) is 0 Å². The van der Waals surface area contributed by atoms with Crippen molar-refractivity contribution in [1.82, 2.24) is 14.9 Å². The van der Waals surface area contributed by atoms with Gasteiger partial charge in [0.05, 0.1) is 12.0 Å². The molecule has 0 unspecified atom stereocenters. The highest BCUT2D eigenvalue weighted by molar-refractivity contribution is 5.93. The van der Waals surface area contributed by atoms with E-state index < -0.39 is 5.91 Å². The predicted molar refractivity (Wildman–Crippen MR) is 78.7 cm³/mol. The third-order valence-corrected chi connectivity index (χ3v) is 3.30. The zero-order valence-electron chi connectivity index (χ0n) is 11.9. The van der Waals surface area contributed by atoms with E-state index in [-0.39, 0.29) is 0 Å². The van der Waals surface area contributed by atoms with E-state index in [1.165, 1.54) is 0 Å². The van der Waals surface area contributed by atoms with Crippen LogP contribution < -0.4 is 11.1 Å². The van der Waals surface area contributed by atoms with Crippen molar-refractivity contribution in [1.29, 1.82) is 0 Å². The minimum atomic E-state index is -0.392. The van der Waals surface area contributed by atoms with E-state index in [0.29, 0.717) is 5.56 Å². The fraction of sp³-hybridized carbons (Fsp3) is 0.333. The Hall–Kier alpha value is -2.14. The van der Waals surface area contributed by atoms with Gasteiger partial charge in [0, 0.05) is 31.3 Å². The predicted octanol–water partition coefficient (Wildman–Crippen LogP) is 1.10. The summed E-state index contributed by atoms with van der Waals surface area (Å²) in [6.45, 7) is 3.65. The molecule has 1 aromatic carbocycles. The monoisotopic (exact) mass is 272 g/mol. The molecule has 1 heterocycles. The number of nitrogens with two attached hydrogens (primary N) is 1. The molecule has 2 aromatic rings. The second-order valence-corrected chi connectivity index (χ2v) is 4.90. The van der Waals surface area contributed by atoms with E-state index >= 15 is 0 Å². The lowest BCUT2D eigenvalue weighted by Crippen LogP contribution is -2.11. The fourth-order valence-corrected chi connectivity index (χ4v) is 2.10. The Balaban J connectivity index is 2.09. The molecular formula is C15H20N4O. The van der Waals surface area contributed by atoms with Gasteiger partial charge in [-0.05, 0) is 37.2 Å². The van der Waals surface area contributed by atoms with Gasteiger partial charge in [0.15, 0.2) is 0 Å². The number of hydrogen-bond donors (Lipinski definition) is 2. The minimum Gasteiger partial charge on any atom is -0.366 e. The van der Waals surface area contributed by atoms with E-state index in [1.54, 1.807) is 6.07 Å². The molecule has 0 aliphatic rings. The number of carbonyl (C=O) groups excluding carboxylic acids is 1. The molecule has 0 saturated carbocycles. The molecule has 0 radical (unpaired) electrons. The molecule has 20 heavy (non-hydrogen) atoms. The van der Waals surface area contributed by atoms with Gasteiger partial charge >= 0.3 is 0 Å². The van der Waals surface area contributed by atoms with Crippen LogP contribution >= 0.6 is 0 Å². The zero-order valence-corrected chi connectivity index (χ0v) is 11.9. The van der Waals surface area contributed by atoms with Crippen LogP contribution in [-0.4, -0.2) is 29.1 Å². The van der Waals surface area contributed by atoms with Gasteiger partial charge < -0.3 is 15.6 Å². The van der Waals surface area contributed by atoms with Crippen molar-refractivity contribution >= 4 is 5.91 Å². The normalized spacial score (nSPS) is 10.7. The van der Waals surface area contributed by atoms with Crippen LogP contribution in [0.3, 0.4) is 0 Å². The summed E-state index contributed by atoms with van der Waals surface area (Å²) < 4.78 is 2.05. The van der Waals surface area contributed by atoms with E-state index in [4.69, 9.17) is 5.73 Å². The van der Waals surface area contributed by atoms with Crippen LogP contribution in [0.25, 0.3) is 0 Å². The molecule has 0 saturated heterocycles. The highest BCUT2D eigenvalue weighted by Gasteiger charge is 2.05. The van der Waals surface area contributed by atoms with Crippen molar-refractivity contribution in [2.45, 2.75) is 19.9 Å². The molecule has 3 N–H and O–H groups in total. The van der Waals surface area contributed by atoms with E-state index in [9.17, 15) is 4.79 Å². The summed E-state index contributed by atoms with van der Waals surface area (Å²) in [5.74, 6) is -0.392. The number of primary amides is 1. The Labute approximate surface area is 118 Å². The lowest BCUT2D eigenvalue weighted by molar-refractivity contribution is 0.1000. The third kappa shape index (κ3) is 3.45. The van der Waals surface area contributed by atoms with Crippen LogP contribution in [0.2, 0.25) is 0 Å². The van der Waals surface area contributed by atoms with Crippen LogP contribution in [0.4, 0.5) is 0 Å². The molecule has 0 aliphatic heterocycles. The number of amides is 1. The Morgan fingerprint density at radius 1 is 1.45 bits per heavy atom. The minimum absolute atomic E-state index is 0.392. The number of hydrogen-bond acceptors (Lipinski definition) is 3. The van der Waals surface area contributed by atoms with Gasteiger partial charge in [-0.2, -0.15) is 0 Å². The summed E-state index contributed by atoms with van der Waals surface area (Å²) >= 11 is 0. The Bertz CT molecular complexity index is 604. The molecular weight excluding hydrogens is 252 g/mol. The fourth-order valence-electron chi connectivity index (χ4n) is 2.10. The van der Waals surface area contributed by atoms with Gasteiger partial charge in [0.25, 0.3) is 0 Å². The number of likely N-dealkylation sites (N-methyl/N-ethyl adjacent to an activating group) is 1. The topological polar surface area (TPSA) is 72.9 Å². The van der Waals surface area contributed by atoms with Crippen LogP contribution in [0.1, 0.15) is 27.2 Å². The summed E-state index contributed by atoms with van der Waals surface area (Å²) in [5, 5.41) is 3.11. The average Bonchev–Trinajstić information content (AvgIpc) is 2.86. The molecule has 0 atom stereocenters. The van der Waals surface area contributed by atoms with Gasteiger partial charge in [-0.15, -0.1) is 0 Å². The van der Waals surface area contributed by atoms with Crippen molar-refractivity contribution in [3.8, 4) is 0 Å². The molecule has 5 nitrogen and oxygen atoms in total. The standard InChI is InChI=1S/C15H20N4O/c1-11-7-12(15(16)20)3-4-13(11)8-19-9-14(18-10-19)5-6-17-2/h3-4,7,9-10,17H,5-6,8H2,1-2H3,(H2,16,20). The number of benzene rings is 1. The Morgan fingerprint density at radius 2 is 2.25 bits per heavy atom. The second-order valence-electron chi connectivity index (χ2n) is 4.90. The first-order valence-electron chi connectivity index (χ1n) is 6.64. The van der Waals surface area contributed by atoms with E-state index in [2.05, 4.69) is 21.1 Å².